The quantitative estimate of drug-likeness (QED) is 0.816. The molecule has 0 unspecified atom stereocenters. The Hall–Kier alpha value is -0.770. The van der Waals surface area contributed by atoms with E-state index >= 15 is 0 Å². The third kappa shape index (κ3) is 3.46. The molecule has 2 rings (SSSR count). The average molecular weight is 424 g/mol. The molecule has 0 saturated carbocycles. The fourth-order valence-corrected chi connectivity index (χ4v) is 4.19. The van der Waals surface area contributed by atoms with Gasteiger partial charge in [0.15, 0.2) is 5.82 Å². The Morgan fingerprint density at radius 2 is 2.00 bits per heavy atom. The number of hydrogen-bond donors (Lipinski definition) is 1. The van der Waals surface area contributed by atoms with Gasteiger partial charge in [0.2, 0.25) is 10.0 Å². The van der Waals surface area contributed by atoms with E-state index in [4.69, 9.17) is 0 Å². The molecule has 0 spiro atoms. The van der Waals surface area contributed by atoms with Gasteiger partial charge in [-0.2, -0.15) is 5.10 Å². The minimum atomic E-state index is -3.64. The van der Waals surface area contributed by atoms with Crippen molar-refractivity contribution in [2.75, 3.05) is 0 Å². The average Bonchev–Trinajstić information content (AvgIpc) is 2.77. The monoisotopic (exact) mass is 422 g/mol. The highest BCUT2D eigenvalue weighted by Gasteiger charge is 2.19. The highest BCUT2D eigenvalue weighted by molar-refractivity contribution is 9.11. The third-order valence-electron chi connectivity index (χ3n) is 2.57. The van der Waals surface area contributed by atoms with Crippen LogP contribution in [0.2, 0.25) is 0 Å². The molecule has 1 aromatic carbocycles. The summed E-state index contributed by atoms with van der Waals surface area (Å²) in [5, 5.41) is 4.02. The summed E-state index contributed by atoms with van der Waals surface area (Å²) in [5.41, 5.74) is 0.946. The number of nitrogens with one attached hydrogen (secondary N) is 1. The maximum absolute atomic E-state index is 12.3. The SMILES string of the molecule is Cc1cc(Br)c(S(=O)(=O)NCc2ncn(C)n2)cc1Br. The zero-order valence-corrected chi connectivity index (χ0v) is 14.7. The van der Waals surface area contributed by atoms with E-state index in [9.17, 15) is 8.42 Å². The number of aromatic nitrogens is 3. The van der Waals surface area contributed by atoms with Crippen molar-refractivity contribution in [3.63, 3.8) is 0 Å². The van der Waals surface area contributed by atoms with Crippen LogP contribution in [0.4, 0.5) is 0 Å². The lowest BCUT2D eigenvalue weighted by molar-refractivity contribution is 0.578. The number of aryl methyl sites for hydroxylation is 2. The van der Waals surface area contributed by atoms with Gasteiger partial charge in [0, 0.05) is 16.0 Å². The van der Waals surface area contributed by atoms with Crippen molar-refractivity contribution >= 4 is 41.9 Å². The second kappa shape index (κ2) is 5.92. The summed E-state index contributed by atoms with van der Waals surface area (Å²) in [6.07, 6.45) is 1.52. The van der Waals surface area contributed by atoms with Gasteiger partial charge in [0.05, 0.1) is 11.4 Å². The van der Waals surface area contributed by atoms with E-state index in [-0.39, 0.29) is 11.4 Å². The second-order valence-electron chi connectivity index (χ2n) is 4.19. The van der Waals surface area contributed by atoms with E-state index in [1.165, 1.54) is 11.0 Å². The van der Waals surface area contributed by atoms with E-state index in [0.29, 0.717) is 10.3 Å². The molecular weight excluding hydrogens is 412 g/mol. The largest absolute Gasteiger partial charge is 0.256 e. The fraction of sp³-hybridized carbons (Fsp3) is 0.273. The van der Waals surface area contributed by atoms with Gasteiger partial charge in [-0.15, -0.1) is 0 Å². The molecule has 0 aliphatic carbocycles. The molecule has 20 heavy (non-hydrogen) atoms. The van der Waals surface area contributed by atoms with Crippen molar-refractivity contribution in [2.45, 2.75) is 18.4 Å². The summed E-state index contributed by atoms with van der Waals surface area (Å²) >= 11 is 6.60. The van der Waals surface area contributed by atoms with Crippen LogP contribution in [-0.2, 0) is 23.6 Å². The molecule has 0 radical (unpaired) electrons. The molecule has 0 bridgehead atoms. The highest BCUT2D eigenvalue weighted by Crippen LogP contribution is 2.28. The Kier molecular flexibility index (Phi) is 4.62. The summed E-state index contributed by atoms with van der Waals surface area (Å²) in [6.45, 7) is 1.93. The topological polar surface area (TPSA) is 76.9 Å². The van der Waals surface area contributed by atoms with E-state index in [2.05, 4.69) is 46.7 Å². The van der Waals surface area contributed by atoms with Crippen LogP contribution in [0.5, 0.6) is 0 Å². The van der Waals surface area contributed by atoms with E-state index in [1.54, 1.807) is 19.2 Å². The zero-order chi connectivity index (χ0) is 14.9. The minimum absolute atomic E-state index is 0.0428. The predicted octanol–water partition coefficient (Wildman–Crippen LogP) is 2.13. The van der Waals surface area contributed by atoms with Crippen LogP contribution < -0.4 is 4.72 Å². The van der Waals surface area contributed by atoms with Crippen molar-refractivity contribution in [1.29, 1.82) is 0 Å². The van der Waals surface area contributed by atoms with Gasteiger partial charge in [0.1, 0.15) is 6.33 Å². The lowest BCUT2D eigenvalue weighted by atomic mass is 10.2. The van der Waals surface area contributed by atoms with Gasteiger partial charge in [0.25, 0.3) is 0 Å². The maximum Gasteiger partial charge on any atom is 0.242 e. The molecule has 0 aliphatic rings. The lowest BCUT2D eigenvalue weighted by Gasteiger charge is -2.09. The van der Waals surface area contributed by atoms with Gasteiger partial charge in [-0.1, -0.05) is 15.9 Å². The first-order valence-electron chi connectivity index (χ1n) is 5.59. The molecule has 1 N–H and O–H groups in total. The number of nitrogens with zero attached hydrogens (tertiary/aromatic N) is 3. The number of halogens is 2. The number of rotatable bonds is 4. The van der Waals surface area contributed by atoms with E-state index in [0.717, 1.165) is 10.0 Å². The molecule has 1 aromatic heterocycles. The molecule has 9 heteroatoms. The molecule has 0 saturated heterocycles. The summed E-state index contributed by atoms with van der Waals surface area (Å²) in [6, 6.07) is 3.31. The van der Waals surface area contributed by atoms with Crippen LogP contribution in [0.1, 0.15) is 11.4 Å². The first-order chi connectivity index (χ1) is 9.29. The van der Waals surface area contributed by atoms with E-state index < -0.39 is 10.0 Å². The Labute approximate surface area is 133 Å². The van der Waals surface area contributed by atoms with Crippen molar-refractivity contribution in [1.82, 2.24) is 19.5 Å². The Morgan fingerprint density at radius 3 is 2.60 bits per heavy atom. The highest BCUT2D eigenvalue weighted by atomic mass is 79.9. The summed E-state index contributed by atoms with van der Waals surface area (Å²) in [7, 11) is -1.91. The second-order valence-corrected chi connectivity index (χ2v) is 7.63. The van der Waals surface area contributed by atoms with E-state index in [1.807, 2.05) is 6.92 Å². The van der Waals surface area contributed by atoms with Crippen LogP contribution in [-0.4, -0.2) is 23.2 Å². The Morgan fingerprint density at radius 1 is 1.30 bits per heavy atom. The van der Waals surface area contributed by atoms with Crippen LogP contribution in [0.3, 0.4) is 0 Å². The maximum atomic E-state index is 12.3. The molecule has 0 aliphatic heterocycles. The molecule has 6 nitrogen and oxygen atoms in total. The van der Waals surface area contributed by atoms with Crippen LogP contribution in [0, 0.1) is 6.92 Å². The normalized spacial score (nSPS) is 11.8. The van der Waals surface area contributed by atoms with Crippen LogP contribution >= 0.6 is 31.9 Å². The third-order valence-corrected chi connectivity index (χ3v) is 5.78. The van der Waals surface area contributed by atoms with Crippen LogP contribution in [0.25, 0.3) is 0 Å². The number of hydrogen-bond acceptors (Lipinski definition) is 4. The molecule has 1 heterocycles. The predicted molar refractivity (Wildman–Crippen MR) is 81.6 cm³/mol. The van der Waals surface area contributed by atoms with Gasteiger partial charge < -0.3 is 0 Å². The Bertz CT molecular complexity index is 743. The van der Waals surface area contributed by atoms with Crippen molar-refractivity contribution < 1.29 is 8.42 Å². The molecule has 108 valence electrons. The molecule has 2 aromatic rings. The number of sulfonamides is 1. The minimum Gasteiger partial charge on any atom is -0.256 e. The van der Waals surface area contributed by atoms with Crippen molar-refractivity contribution in [2.24, 2.45) is 7.05 Å². The van der Waals surface area contributed by atoms with Gasteiger partial charge in [-0.25, -0.2) is 18.1 Å². The zero-order valence-electron chi connectivity index (χ0n) is 10.8. The molecule has 0 atom stereocenters. The summed E-state index contributed by atoms with van der Waals surface area (Å²) in [4.78, 5) is 4.14. The van der Waals surface area contributed by atoms with Crippen molar-refractivity contribution in [3.8, 4) is 0 Å². The van der Waals surface area contributed by atoms with Gasteiger partial charge in [-0.3, -0.25) is 4.68 Å². The summed E-state index contributed by atoms with van der Waals surface area (Å²) < 4.78 is 29.8. The van der Waals surface area contributed by atoms with Crippen LogP contribution in [0.15, 0.2) is 32.3 Å². The number of benzene rings is 1. The standard InChI is InChI=1S/C11H12Br2N4O2S/c1-7-3-9(13)10(4-8(7)12)20(18,19)15-5-11-14-6-17(2)16-11/h3-4,6,15H,5H2,1-2H3. The fourth-order valence-electron chi connectivity index (χ4n) is 1.54. The molecule has 0 amide bonds. The molecule has 0 fully saturated rings. The van der Waals surface area contributed by atoms with Crippen molar-refractivity contribution in [3.05, 3.63) is 38.8 Å². The Balaban J connectivity index is 2.24. The molecular formula is C11H12Br2N4O2S. The van der Waals surface area contributed by atoms with Gasteiger partial charge in [-0.05, 0) is 40.5 Å². The first-order valence-corrected chi connectivity index (χ1v) is 8.66. The first kappa shape index (κ1) is 15.6. The van der Waals surface area contributed by atoms with Gasteiger partial charge >= 0.3 is 0 Å². The lowest BCUT2D eigenvalue weighted by Crippen LogP contribution is -2.24. The summed E-state index contributed by atoms with van der Waals surface area (Å²) in [5.74, 6) is 0.415. The smallest absolute Gasteiger partial charge is 0.242 e.